The lowest BCUT2D eigenvalue weighted by Crippen LogP contribution is -2.44. The van der Waals surface area contributed by atoms with Crippen molar-refractivity contribution in [1.82, 2.24) is 15.1 Å². The second-order valence-corrected chi connectivity index (χ2v) is 7.85. The van der Waals surface area contributed by atoms with Crippen LogP contribution in [0.3, 0.4) is 0 Å². The number of nitrogens with zero attached hydrogens (tertiary/aromatic N) is 2. The van der Waals surface area contributed by atoms with Crippen molar-refractivity contribution in [3.63, 3.8) is 0 Å². The zero-order chi connectivity index (χ0) is 17.6. The Labute approximate surface area is 164 Å². The van der Waals surface area contributed by atoms with Crippen molar-refractivity contribution >= 4 is 18.3 Å². The Kier molecular flexibility index (Phi) is 8.39. The van der Waals surface area contributed by atoms with Gasteiger partial charge < -0.3 is 10.2 Å². The summed E-state index contributed by atoms with van der Waals surface area (Å²) in [6, 6.07) is 9.07. The fourth-order valence-electron chi connectivity index (χ4n) is 3.76. The maximum atomic E-state index is 12.9. The van der Waals surface area contributed by atoms with Crippen LogP contribution in [-0.2, 0) is 11.3 Å². The van der Waals surface area contributed by atoms with E-state index in [4.69, 9.17) is 0 Å². The van der Waals surface area contributed by atoms with Crippen LogP contribution in [0, 0.1) is 12.8 Å². The molecule has 0 unspecified atom stereocenters. The molecule has 1 aromatic rings. The second-order valence-electron chi connectivity index (χ2n) is 7.85. The van der Waals surface area contributed by atoms with Crippen molar-refractivity contribution in [1.29, 1.82) is 0 Å². The molecule has 1 heterocycles. The first-order valence-corrected chi connectivity index (χ1v) is 9.87. The molecule has 0 bridgehead atoms. The van der Waals surface area contributed by atoms with E-state index in [9.17, 15) is 4.79 Å². The predicted octanol–water partition coefficient (Wildman–Crippen LogP) is 3.23. The molecule has 0 atom stereocenters. The van der Waals surface area contributed by atoms with Gasteiger partial charge in [-0.25, -0.2) is 0 Å². The Morgan fingerprint density at radius 1 is 1.15 bits per heavy atom. The number of amides is 1. The molecule has 5 heteroatoms. The SMILES string of the molecule is CNCCC1CCN(CC(=O)N(Cc2ccc(C)cc2)C2CC2)CC1.Cl. The molecule has 1 aromatic carbocycles. The van der Waals surface area contributed by atoms with E-state index in [0.29, 0.717) is 18.5 Å². The van der Waals surface area contributed by atoms with Crippen LogP contribution in [0.5, 0.6) is 0 Å². The molecular weight excluding hydrogens is 346 g/mol. The summed E-state index contributed by atoms with van der Waals surface area (Å²) in [4.78, 5) is 17.4. The zero-order valence-corrected chi connectivity index (χ0v) is 17.1. The van der Waals surface area contributed by atoms with E-state index in [1.165, 1.54) is 43.2 Å². The normalized spacial score (nSPS) is 18.4. The summed E-state index contributed by atoms with van der Waals surface area (Å²) < 4.78 is 0. The molecule has 1 saturated carbocycles. The number of carbonyl (C=O) groups is 1. The first-order chi connectivity index (χ1) is 12.2. The molecule has 26 heavy (non-hydrogen) atoms. The molecule has 0 spiro atoms. The Balaban J connectivity index is 0.00000243. The third kappa shape index (κ3) is 6.26. The second kappa shape index (κ2) is 10.3. The van der Waals surface area contributed by atoms with Crippen molar-refractivity contribution in [3.8, 4) is 0 Å². The van der Waals surface area contributed by atoms with E-state index in [1.54, 1.807) is 0 Å². The van der Waals surface area contributed by atoms with Crippen LogP contribution < -0.4 is 5.32 Å². The van der Waals surface area contributed by atoms with Gasteiger partial charge in [-0.3, -0.25) is 9.69 Å². The van der Waals surface area contributed by atoms with Gasteiger partial charge in [-0.15, -0.1) is 12.4 Å². The van der Waals surface area contributed by atoms with Crippen LogP contribution in [-0.4, -0.2) is 55.0 Å². The Morgan fingerprint density at radius 3 is 2.38 bits per heavy atom. The van der Waals surface area contributed by atoms with E-state index in [-0.39, 0.29) is 12.4 Å². The fourth-order valence-corrected chi connectivity index (χ4v) is 3.76. The number of hydrogen-bond donors (Lipinski definition) is 1. The fraction of sp³-hybridized carbons (Fsp3) is 0.667. The van der Waals surface area contributed by atoms with Crippen molar-refractivity contribution in [3.05, 3.63) is 35.4 Å². The summed E-state index contributed by atoms with van der Waals surface area (Å²) in [6.07, 6.45) is 6.07. The Bertz CT molecular complexity index is 551. The molecule has 0 radical (unpaired) electrons. The monoisotopic (exact) mass is 379 g/mol. The smallest absolute Gasteiger partial charge is 0.237 e. The minimum atomic E-state index is 0. The quantitative estimate of drug-likeness (QED) is 0.753. The van der Waals surface area contributed by atoms with Crippen LogP contribution >= 0.6 is 12.4 Å². The number of aryl methyl sites for hydroxylation is 1. The van der Waals surface area contributed by atoms with Gasteiger partial charge in [0, 0.05) is 12.6 Å². The van der Waals surface area contributed by atoms with Crippen molar-refractivity contribution in [2.24, 2.45) is 5.92 Å². The summed E-state index contributed by atoms with van der Waals surface area (Å²) in [7, 11) is 2.02. The lowest BCUT2D eigenvalue weighted by Gasteiger charge is -2.33. The highest BCUT2D eigenvalue weighted by Gasteiger charge is 2.33. The van der Waals surface area contributed by atoms with E-state index < -0.39 is 0 Å². The minimum Gasteiger partial charge on any atom is -0.334 e. The molecular formula is C21H34ClN3O. The first-order valence-electron chi connectivity index (χ1n) is 9.87. The molecule has 146 valence electrons. The molecule has 3 rings (SSSR count). The summed E-state index contributed by atoms with van der Waals surface area (Å²) in [5.74, 6) is 1.14. The van der Waals surface area contributed by atoms with Gasteiger partial charge in [-0.1, -0.05) is 29.8 Å². The van der Waals surface area contributed by atoms with Crippen molar-refractivity contribution in [2.75, 3.05) is 33.2 Å². The molecule has 4 nitrogen and oxygen atoms in total. The average molecular weight is 380 g/mol. The van der Waals surface area contributed by atoms with Gasteiger partial charge in [-0.2, -0.15) is 0 Å². The molecule has 1 N–H and O–H groups in total. The number of nitrogens with one attached hydrogen (secondary N) is 1. The first kappa shape index (κ1) is 21.2. The summed E-state index contributed by atoms with van der Waals surface area (Å²) >= 11 is 0. The van der Waals surface area contributed by atoms with Gasteiger partial charge in [0.15, 0.2) is 0 Å². The molecule has 1 amide bonds. The maximum Gasteiger partial charge on any atom is 0.237 e. The van der Waals surface area contributed by atoms with Crippen molar-refractivity contribution < 1.29 is 4.79 Å². The number of carbonyl (C=O) groups excluding carboxylic acids is 1. The number of benzene rings is 1. The van der Waals surface area contributed by atoms with Crippen molar-refractivity contribution in [2.45, 2.75) is 51.6 Å². The number of piperidine rings is 1. The van der Waals surface area contributed by atoms with Gasteiger partial charge in [0.2, 0.25) is 5.91 Å². The standard InChI is InChI=1S/C21H33N3O.ClH/c1-17-3-5-19(6-4-17)15-24(20-7-8-20)21(25)16-23-13-10-18(11-14-23)9-12-22-2;/h3-6,18,20,22H,7-16H2,1-2H3;1H. The van der Waals surface area contributed by atoms with Gasteiger partial charge in [0.1, 0.15) is 0 Å². The Morgan fingerprint density at radius 2 is 1.81 bits per heavy atom. The highest BCUT2D eigenvalue weighted by molar-refractivity contribution is 5.85. The van der Waals surface area contributed by atoms with Gasteiger partial charge >= 0.3 is 0 Å². The topological polar surface area (TPSA) is 35.6 Å². The summed E-state index contributed by atoms with van der Waals surface area (Å²) in [6.45, 7) is 6.72. The number of likely N-dealkylation sites (tertiary alicyclic amines) is 1. The van der Waals surface area contributed by atoms with E-state index in [2.05, 4.69) is 46.3 Å². The maximum absolute atomic E-state index is 12.9. The summed E-state index contributed by atoms with van der Waals surface area (Å²) in [5.41, 5.74) is 2.52. The lowest BCUT2D eigenvalue weighted by atomic mass is 9.93. The Hall–Kier alpha value is -1.10. The minimum absolute atomic E-state index is 0. The molecule has 0 aromatic heterocycles. The van der Waals surface area contributed by atoms with Crippen LogP contribution in [0.1, 0.15) is 43.2 Å². The highest BCUT2D eigenvalue weighted by atomic mass is 35.5. The van der Waals surface area contributed by atoms with E-state index in [1.807, 2.05) is 7.05 Å². The third-order valence-corrected chi connectivity index (χ3v) is 5.65. The number of halogens is 1. The zero-order valence-electron chi connectivity index (χ0n) is 16.2. The average Bonchev–Trinajstić information content (AvgIpc) is 3.45. The number of hydrogen-bond acceptors (Lipinski definition) is 3. The predicted molar refractivity (Wildman–Crippen MR) is 110 cm³/mol. The number of rotatable bonds is 8. The molecule has 1 aliphatic carbocycles. The molecule has 1 aliphatic heterocycles. The van der Waals surface area contributed by atoms with E-state index in [0.717, 1.165) is 32.1 Å². The summed E-state index contributed by atoms with van der Waals surface area (Å²) in [5, 5.41) is 3.24. The van der Waals surface area contributed by atoms with Gasteiger partial charge in [0.25, 0.3) is 0 Å². The van der Waals surface area contributed by atoms with Crippen LogP contribution in [0.25, 0.3) is 0 Å². The van der Waals surface area contributed by atoms with Gasteiger partial charge in [0.05, 0.1) is 6.54 Å². The van der Waals surface area contributed by atoms with Gasteiger partial charge in [-0.05, 0) is 77.2 Å². The van der Waals surface area contributed by atoms with Crippen LogP contribution in [0.4, 0.5) is 0 Å². The third-order valence-electron chi connectivity index (χ3n) is 5.65. The van der Waals surface area contributed by atoms with Crippen LogP contribution in [0.2, 0.25) is 0 Å². The molecule has 1 saturated heterocycles. The highest BCUT2D eigenvalue weighted by Crippen LogP contribution is 2.29. The largest absolute Gasteiger partial charge is 0.334 e. The molecule has 2 aliphatic rings. The lowest BCUT2D eigenvalue weighted by molar-refractivity contribution is -0.134. The molecule has 2 fully saturated rings. The van der Waals surface area contributed by atoms with Crippen LogP contribution in [0.15, 0.2) is 24.3 Å². The van der Waals surface area contributed by atoms with E-state index >= 15 is 0 Å².